The van der Waals surface area contributed by atoms with E-state index in [-0.39, 0.29) is 197 Å². The second-order valence-corrected chi connectivity index (χ2v) is 33.2. The lowest BCUT2D eigenvalue weighted by atomic mass is 10.0. The maximum atomic E-state index is 12.4. The van der Waals surface area contributed by atoms with Crippen LogP contribution in [0.3, 0.4) is 0 Å². The van der Waals surface area contributed by atoms with Gasteiger partial charge in [-0.2, -0.15) is 0 Å². The van der Waals surface area contributed by atoms with Crippen LogP contribution in [0.2, 0.25) is 0 Å². The van der Waals surface area contributed by atoms with Gasteiger partial charge in [-0.15, -0.1) is 0 Å². The third kappa shape index (κ3) is 35.8. The molecule has 0 aliphatic carbocycles. The molecule has 0 aliphatic heterocycles. The van der Waals surface area contributed by atoms with Crippen molar-refractivity contribution in [2.24, 2.45) is 0 Å². The van der Waals surface area contributed by atoms with Crippen molar-refractivity contribution in [1.82, 2.24) is 0 Å². The van der Waals surface area contributed by atoms with E-state index in [1.165, 1.54) is 80.9 Å². The zero-order valence-corrected chi connectivity index (χ0v) is 82.1. The number of hydrogen-bond donors (Lipinski definition) is 12. The van der Waals surface area contributed by atoms with Crippen molar-refractivity contribution >= 4 is 46.4 Å². The zero-order valence-electron chi connectivity index (χ0n) is 82.1. The molecule has 0 saturated heterocycles. The Morgan fingerprint density at radius 3 is 0.745 bits per heavy atom. The minimum Gasteiger partial charge on any atom is -0.508 e. The fourth-order valence-corrected chi connectivity index (χ4v) is 14.3. The van der Waals surface area contributed by atoms with Crippen LogP contribution in [0.5, 0.6) is 103 Å². The molecule has 0 heterocycles. The van der Waals surface area contributed by atoms with Crippen LogP contribution in [0.15, 0.2) is 255 Å². The third-order valence-corrected chi connectivity index (χ3v) is 22.0. The minimum absolute atomic E-state index is 0. The molecule has 12 N–H and O–H groups in total. The minimum atomic E-state index is -0.569. The molecule has 0 radical (unpaired) electrons. The summed E-state index contributed by atoms with van der Waals surface area (Å²) >= 11 is 0. The highest BCUT2D eigenvalue weighted by molar-refractivity contribution is 6.04. The molecule has 0 atom stereocenters. The number of carbonyl (C=O) groups excluding carboxylic acids is 7. The van der Waals surface area contributed by atoms with Crippen LogP contribution in [-0.2, 0) is 48.0 Å². The first-order valence-corrected chi connectivity index (χ1v) is 46.7. The smallest absolute Gasteiger partial charge is 0.341 e. The first kappa shape index (κ1) is 117. The summed E-state index contributed by atoms with van der Waals surface area (Å²) < 4.78 is 42.6. The molecule has 13 aromatic carbocycles. The number of para-hydroxylation sites is 1. The van der Waals surface area contributed by atoms with E-state index >= 15 is 0 Å². The zero-order chi connectivity index (χ0) is 104. The van der Waals surface area contributed by atoms with E-state index in [1.54, 1.807) is 78.9 Å². The Kier molecular flexibility index (Phi) is 47.7. The number of rotatable bonds is 40. The number of ketones is 6. The van der Waals surface area contributed by atoms with Crippen molar-refractivity contribution in [3.8, 4) is 115 Å². The predicted molar refractivity (Wildman–Crippen MR) is 561 cm³/mol. The van der Waals surface area contributed by atoms with E-state index in [1.807, 2.05) is 159 Å². The maximum absolute atomic E-state index is 12.4. The second kappa shape index (κ2) is 59.1. The third-order valence-electron chi connectivity index (χ3n) is 22.0. The first-order chi connectivity index (χ1) is 68.5. The van der Waals surface area contributed by atoms with Crippen LogP contribution in [0.25, 0.3) is 16.9 Å². The Balaban J connectivity index is 0.000000266. The fourth-order valence-electron chi connectivity index (χ4n) is 14.3. The molecule has 13 aromatic rings. The summed E-state index contributed by atoms with van der Waals surface area (Å²) in [5, 5.41) is 118. The summed E-state index contributed by atoms with van der Waals surface area (Å²) in [7, 11) is 2.79. The van der Waals surface area contributed by atoms with Gasteiger partial charge in [-0.25, -0.2) is 4.79 Å². The highest BCUT2D eigenvalue weighted by Gasteiger charge is 2.24. The maximum Gasteiger partial charge on any atom is 0.341 e. The van der Waals surface area contributed by atoms with Gasteiger partial charge in [0.05, 0.1) is 47.6 Å². The SMILES string of the molecule is C.C.C=C(OC)c1cccc(OCC(=O)c2cc(CCC)c(O)cc2O)c1.CCCc1cc(C(=O)COc2ccc(-c3ccccc3)cc2)c(O)cc1O.CCCc1cc(C(=O)COc2ccc(C)cc2)c(O)cc1O.CCCc1cc(C(=O)COc2ccc(C)cc2)c(O)cc1O.CCCc1cc(C(=O)COc2ccc(C)cc2)c(O)cc1O.CCCc1cc(C(=O)COc2ccccc2C(=O)OC)c(O)cc1O. The monoisotopic (exact) mass is 1980 g/mol. The van der Waals surface area contributed by atoms with Gasteiger partial charge in [0.25, 0.3) is 0 Å². The summed E-state index contributed by atoms with van der Waals surface area (Å²) in [6, 6.07) is 69.4. The largest absolute Gasteiger partial charge is 0.508 e. The van der Waals surface area contributed by atoms with E-state index in [4.69, 9.17) is 33.2 Å². The number of aryl methyl sites for hydroxylation is 9. The lowest BCUT2D eigenvalue weighted by Crippen LogP contribution is -2.14. The van der Waals surface area contributed by atoms with Crippen LogP contribution >= 0.6 is 0 Å². The van der Waals surface area contributed by atoms with E-state index in [0.29, 0.717) is 106 Å². The molecular formula is C118H132O27. The van der Waals surface area contributed by atoms with Gasteiger partial charge in [0.2, 0.25) is 34.7 Å². The number of phenolic OH excluding ortho intramolecular Hbond substituents is 12. The molecule has 27 nitrogen and oxygen atoms in total. The van der Waals surface area contributed by atoms with E-state index in [2.05, 4.69) is 11.3 Å². The van der Waals surface area contributed by atoms with Crippen molar-refractivity contribution in [3.05, 3.63) is 350 Å². The summed E-state index contributed by atoms with van der Waals surface area (Å²) in [6.07, 6.45) is 8.72. The molecule has 0 aliphatic rings. The summed E-state index contributed by atoms with van der Waals surface area (Å²) in [5.41, 5.74) is 11.2. The number of aromatic hydroxyl groups is 12. The Labute approximate surface area is 847 Å². The standard InChI is InChI=1S/C23H22O4.C20H22O5.C19H20O6.3C18H20O4.2CH4/c1-2-6-18-13-20(22(25)14-21(18)24)23(26)15-27-19-11-9-17(10-12-19)16-7-4-3-5-8-16;1-4-6-15-10-17(19(22)11-18(15)21)20(23)12-25-16-8-5-7-14(9-16)13(2)24-3;1-3-6-12-9-14(16(21)10-15(12)20)17(22)11-25-18-8-5-4-7-13(18)19(23)24-2;3*1-3-4-13-9-15(17(20)10-16(13)19)18(21)11-22-14-7-5-12(2)6-8-14;;/h3-5,7-14,24-25H,2,6,15H2,1H3;5,7-11,21-22H,2,4,6,12H2,1,3H3;4-5,7-10,20-21H,3,6,11H2,1-2H3;3*5-10,19-20H,3-4,11H2,1-2H3;2*1H4. The average Bonchev–Trinajstić information content (AvgIpc) is 0.845. The number of ether oxygens (including phenoxy) is 8. The van der Waals surface area contributed by atoms with Crippen molar-refractivity contribution in [2.75, 3.05) is 53.9 Å². The fraction of sp³-hybridized carbons (Fsp3) is 0.263. The number of phenols is 12. The highest BCUT2D eigenvalue weighted by atomic mass is 16.5. The Hall–Kier alpha value is -16.7. The van der Waals surface area contributed by atoms with Gasteiger partial charge < -0.3 is 99.2 Å². The van der Waals surface area contributed by atoms with E-state index < -0.39 is 11.8 Å². The van der Waals surface area contributed by atoms with Gasteiger partial charge in [-0.05, 0) is 213 Å². The summed E-state index contributed by atoms with van der Waals surface area (Å²) in [4.78, 5) is 85.5. The average molecular weight is 1980 g/mol. The van der Waals surface area contributed by atoms with Crippen molar-refractivity contribution in [1.29, 1.82) is 0 Å². The number of carbonyl (C=O) groups is 7. The first-order valence-electron chi connectivity index (χ1n) is 46.7. The molecule has 0 aromatic heterocycles. The van der Waals surface area contributed by atoms with Crippen LogP contribution in [0.1, 0.15) is 223 Å². The Morgan fingerprint density at radius 2 is 0.483 bits per heavy atom. The summed E-state index contributed by atoms with van der Waals surface area (Å²) in [6.45, 7) is 20.3. The van der Waals surface area contributed by atoms with E-state index in [0.717, 1.165) is 78.0 Å². The van der Waals surface area contributed by atoms with Crippen molar-refractivity contribution < 1.29 is 133 Å². The van der Waals surface area contributed by atoms with Gasteiger partial charge >= 0.3 is 5.97 Å². The molecule has 13 rings (SSSR count). The van der Waals surface area contributed by atoms with Gasteiger partial charge in [0.1, 0.15) is 115 Å². The van der Waals surface area contributed by atoms with Gasteiger partial charge in [-0.3, -0.25) is 28.8 Å². The predicted octanol–water partition coefficient (Wildman–Crippen LogP) is 24.1. The molecule has 0 saturated carbocycles. The van der Waals surface area contributed by atoms with E-state index in [9.17, 15) is 94.8 Å². The molecule has 0 fully saturated rings. The molecular weight excluding hydrogens is 1850 g/mol. The van der Waals surface area contributed by atoms with Gasteiger partial charge in [0.15, 0.2) is 39.6 Å². The van der Waals surface area contributed by atoms with Crippen molar-refractivity contribution in [3.63, 3.8) is 0 Å². The number of methoxy groups -OCH3 is 2. The Bertz CT molecular complexity index is 6180. The topological polar surface area (TPSA) is 436 Å². The molecule has 766 valence electrons. The number of benzene rings is 13. The van der Waals surface area contributed by atoms with Crippen molar-refractivity contribution in [2.45, 2.75) is 154 Å². The highest BCUT2D eigenvalue weighted by Crippen LogP contribution is 2.37. The van der Waals surface area contributed by atoms with Crippen LogP contribution < -0.4 is 28.4 Å². The number of hydrogen-bond acceptors (Lipinski definition) is 27. The lowest BCUT2D eigenvalue weighted by molar-refractivity contribution is 0.0593. The molecule has 27 heteroatoms. The second-order valence-electron chi connectivity index (χ2n) is 33.2. The normalized spacial score (nSPS) is 10.3. The lowest BCUT2D eigenvalue weighted by Gasteiger charge is -2.11. The van der Waals surface area contributed by atoms with Gasteiger partial charge in [0, 0.05) is 42.0 Å². The van der Waals surface area contributed by atoms with Gasteiger partial charge in [-0.1, -0.05) is 221 Å². The Morgan fingerprint density at radius 1 is 0.241 bits per heavy atom. The number of Topliss-reactive ketones (excluding diaryl/α,β-unsaturated/α-hetero) is 6. The molecule has 0 unspecified atom stereocenters. The molecule has 0 amide bonds. The summed E-state index contributed by atoms with van der Waals surface area (Å²) in [5.74, 6) is -0.625. The molecule has 145 heavy (non-hydrogen) atoms. The van der Waals surface area contributed by atoms with Crippen LogP contribution in [0, 0.1) is 20.8 Å². The van der Waals surface area contributed by atoms with Crippen LogP contribution in [-0.4, -0.2) is 156 Å². The number of esters is 1. The molecule has 0 spiro atoms. The van der Waals surface area contributed by atoms with Crippen LogP contribution in [0.4, 0.5) is 0 Å². The quantitative estimate of drug-likeness (QED) is 0.00964. The molecule has 0 bridgehead atoms.